The Labute approximate surface area is 254 Å². The molecule has 2 aliphatic heterocycles. The van der Waals surface area contributed by atoms with Crippen LogP contribution in [-0.4, -0.2) is 43.0 Å². The van der Waals surface area contributed by atoms with E-state index in [9.17, 15) is 0 Å². The second kappa shape index (κ2) is 13.7. The van der Waals surface area contributed by atoms with Crippen molar-refractivity contribution < 1.29 is 23.7 Å². The first kappa shape index (κ1) is 29.3. The van der Waals surface area contributed by atoms with Crippen LogP contribution in [0.5, 0.6) is 0 Å². The fraction of sp³-hybridized carbons (Fsp3) is 0.324. The minimum atomic E-state index is -0.371. The Balaban J connectivity index is 1.28. The first-order valence-electron chi connectivity index (χ1n) is 15.0. The van der Waals surface area contributed by atoms with E-state index in [1.54, 1.807) is 0 Å². The van der Waals surface area contributed by atoms with Gasteiger partial charge >= 0.3 is 0 Å². The number of rotatable bonds is 12. The van der Waals surface area contributed by atoms with Crippen LogP contribution < -0.4 is 0 Å². The first-order valence-corrected chi connectivity index (χ1v) is 15.0. The lowest BCUT2D eigenvalue weighted by Crippen LogP contribution is -2.37. The summed E-state index contributed by atoms with van der Waals surface area (Å²) in [4.78, 5) is 4.79. The minimum Gasteiger partial charge on any atom is -0.475 e. The number of hydrogen-bond donors (Lipinski definition) is 0. The molecule has 6 heteroatoms. The van der Waals surface area contributed by atoms with E-state index >= 15 is 0 Å². The third kappa shape index (κ3) is 7.59. The summed E-state index contributed by atoms with van der Waals surface area (Å²) in [6, 6.07) is 38.8. The van der Waals surface area contributed by atoms with Gasteiger partial charge in [-0.3, -0.25) is 0 Å². The summed E-state index contributed by atoms with van der Waals surface area (Å²) in [6.07, 6.45) is -1.43. The van der Waals surface area contributed by atoms with E-state index in [1.165, 1.54) is 0 Å². The maximum atomic E-state index is 6.79. The van der Waals surface area contributed by atoms with Crippen LogP contribution in [-0.2, 0) is 43.5 Å². The molecule has 0 aliphatic carbocycles. The highest BCUT2D eigenvalue weighted by molar-refractivity contribution is 5.95. The lowest BCUT2D eigenvalue weighted by molar-refractivity contribution is -0.0898. The van der Waals surface area contributed by atoms with Crippen molar-refractivity contribution in [2.45, 2.75) is 63.6 Å². The zero-order valence-electron chi connectivity index (χ0n) is 24.8. The Kier molecular flexibility index (Phi) is 9.30. The standard InChI is InChI=1S/C37H39NO5/c1-37(2)26-42-36(38-37)31-20-12-19-30(21-31)33-35(41-24-29-17-10-5-11-18-29)34(40-23-28-15-8-4-9-16-28)32(43-33)25-39-22-27-13-6-3-7-14-27/h3-21,32-35H,22-26H2,1-2H3/t32-,33+,34?,35?/m0/s1. The number of benzene rings is 4. The molecule has 0 amide bonds. The summed E-state index contributed by atoms with van der Waals surface area (Å²) in [6.45, 7) is 6.47. The van der Waals surface area contributed by atoms with Crippen molar-refractivity contribution in [2.75, 3.05) is 13.2 Å². The molecule has 0 bridgehead atoms. The predicted octanol–water partition coefficient (Wildman–Crippen LogP) is 7.07. The molecule has 0 spiro atoms. The molecule has 1 fully saturated rings. The summed E-state index contributed by atoms with van der Waals surface area (Å²) in [7, 11) is 0. The van der Waals surface area contributed by atoms with Crippen LogP contribution in [0, 0.1) is 0 Å². The summed E-state index contributed by atoms with van der Waals surface area (Å²) in [5, 5.41) is 0. The molecule has 2 unspecified atom stereocenters. The van der Waals surface area contributed by atoms with Crippen LogP contribution in [0.3, 0.4) is 0 Å². The van der Waals surface area contributed by atoms with E-state index in [0.717, 1.165) is 27.8 Å². The van der Waals surface area contributed by atoms with Crippen molar-refractivity contribution in [1.82, 2.24) is 0 Å². The minimum absolute atomic E-state index is 0.242. The molecule has 2 aliphatic rings. The Hall–Kier alpha value is -3.81. The number of aliphatic imine (C=N–C) groups is 1. The molecule has 222 valence electrons. The summed E-state index contributed by atoms with van der Waals surface area (Å²) in [5.41, 5.74) is 4.98. The smallest absolute Gasteiger partial charge is 0.216 e. The second-order valence-corrected chi connectivity index (χ2v) is 11.8. The molecule has 0 N–H and O–H groups in total. The van der Waals surface area contributed by atoms with Gasteiger partial charge in [-0.1, -0.05) is 103 Å². The number of ether oxygens (including phenoxy) is 5. The maximum absolute atomic E-state index is 6.79. The van der Waals surface area contributed by atoms with Crippen LogP contribution in [0.15, 0.2) is 120 Å². The van der Waals surface area contributed by atoms with Crippen molar-refractivity contribution in [3.63, 3.8) is 0 Å². The molecule has 4 atom stereocenters. The van der Waals surface area contributed by atoms with Crippen LogP contribution in [0.25, 0.3) is 0 Å². The van der Waals surface area contributed by atoms with E-state index in [2.05, 4.69) is 62.4 Å². The highest BCUT2D eigenvalue weighted by atomic mass is 16.6. The lowest BCUT2D eigenvalue weighted by atomic mass is 9.99. The van der Waals surface area contributed by atoms with E-state index in [0.29, 0.717) is 38.9 Å². The van der Waals surface area contributed by atoms with E-state index in [4.69, 9.17) is 28.7 Å². The third-order valence-electron chi connectivity index (χ3n) is 7.70. The van der Waals surface area contributed by atoms with Gasteiger partial charge in [0.1, 0.15) is 31.0 Å². The topological polar surface area (TPSA) is 58.5 Å². The van der Waals surface area contributed by atoms with Crippen LogP contribution in [0.1, 0.15) is 47.8 Å². The Morgan fingerprint density at radius 3 is 1.86 bits per heavy atom. The quantitative estimate of drug-likeness (QED) is 0.180. The average molecular weight is 578 g/mol. The molecule has 4 aromatic carbocycles. The number of hydrogen-bond acceptors (Lipinski definition) is 6. The molecule has 6 rings (SSSR count). The molecule has 4 aromatic rings. The van der Waals surface area contributed by atoms with Crippen molar-refractivity contribution in [1.29, 1.82) is 0 Å². The maximum Gasteiger partial charge on any atom is 0.216 e. The molecule has 1 saturated heterocycles. The van der Waals surface area contributed by atoms with Crippen LogP contribution in [0.2, 0.25) is 0 Å². The van der Waals surface area contributed by atoms with E-state index in [1.807, 2.05) is 66.7 Å². The molecular formula is C37H39NO5. The van der Waals surface area contributed by atoms with Gasteiger partial charge in [-0.15, -0.1) is 0 Å². The summed E-state index contributed by atoms with van der Waals surface area (Å²) in [5.74, 6) is 0.659. The molecule has 0 saturated carbocycles. The zero-order valence-corrected chi connectivity index (χ0v) is 24.8. The summed E-state index contributed by atoms with van der Waals surface area (Å²) < 4.78 is 32.3. The van der Waals surface area contributed by atoms with Crippen LogP contribution >= 0.6 is 0 Å². The molecule has 2 heterocycles. The van der Waals surface area contributed by atoms with Gasteiger partial charge in [0.15, 0.2) is 0 Å². The molecule has 43 heavy (non-hydrogen) atoms. The fourth-order valence-corrected chi connectivity index (χ4v) is 5.50. The average Bonchev–Trinajstić information content (AvgIpc) is 3.59. The third-order valence-corrected chi connectivity index (χ3v) is 7.70. The first-order chi connectivity index (χ1) is 21.0. The predicted molar refractivity (Wildman–Crippen MR) is 167 cm³/mol. The fourth-order valence-electron chi connectivity index (χ4n) is 5.50. The van der Waals surface area contributed by atoms with Gasteiger partial charge in [0.2, 0.25) is 5.90 Å². The van der Waals surface area contributed by atoms with Gasteiger partial charge in [-0.2, -0.15) is 0 Å². The second-order valence-electron chi connectivity index (χ2n) is 11.8. The highest BCUT2D eigenvalue weighted by Gasteiger charge is 2.47. The van der Waals surface area contributed by atoms with Gasteiger partial charge in [0, 0.05) is 5.56 Å². The van der Waals surface area contributed by atoms with Gasteiger partial charge < -0.3 is 23.7 Å². The Morgan fingerprint density at radius 1 is 0.698 bits per heavy atom. The van der Waals surface area contributed by atoms with E-state index in [-0.39, 0.29) is 30.0 Å². The SMILES string of the molecule is CC1(C)COC(c2cccc([C@H]3O[C@@H](COCc4ccccc4)C(OCc4ccccc4)C3OCc3ccccc3)c2)=N1. The van der Waals surface area contributed by atoms with Crippen molar-refractivity contribution >= 4 is 5.90 Å². The normalized spacial score (nSPS) is 22.7. The van der Waals surface area contributed by atoms with E-state index < -0.39 is 0 Å². The zero-order chi connectivity index (χ0) is 29.5. The highest BCUT2D eigenvalue weighted by Crippen LogP contribution is 2.39. The molecule has 0 aromatic heterocycles. The molecular weight excluding hydrogens is 538 g/mol. The van der Waals surface area contributed by atoms with Crippen molar-refractivity contribution in [3.8, 4) is 0 Å². The number of nitrogens with zero attached hydrogens (tertiary/aromatic N) is 1. The summed E-state index contributed by atoms with van der Waals surface area (Å²) >= 11 is 0. The van der Waals surface area contributed by atoms with Crippen LogP contribution in [0.4, 0.5) is 0 Å². The molecule has 6 nitrogen and oxygen atoms in total. The lowest BCUT2D eigenvalue weighted by Gasteiger charge is -2.25. The Bertz CT molecular complexity index is 1470. The molecule has 0 radical (unpaired) electrons. The monoisotopic (exact) mass is 577 g/mol. The van der Waals surface area contributed by atoms with Crippen molar-refractivity contribution in [2.24, 2.45) is 4.99 Å². The largest absolute Gasteiger partial charge is 0.475 e. The Morgan fingerprint density at radius 2 is 1.28 bits per heavy atom. The van der Waals surface area contributed by atoms with Gasteiger partial charge in [0.05, 0.1) is 32.0 Å². The van der Waals surface area contributed by atoms with Gasteiger partial charge in [-0.25, -0.2) is 4.99 Å². The van der Waals surface area contributed by atoms with Crippen molar-refractivity contribution in [3.05, 3.63) is 143 Å². The van der Waals surface area contributed by atoms with Gasteiger partial charge in [-0.05, 0) is 48.2 Å². The van der Waals surface area contributed by atoms with Gasteiger partial charge in [0.25, 0.3) is 0 Å².